The smallest absolute Gasteiger partial charge is 0.242 e. The molecule has 1 aromatic rings. The summed E-state index contributed by atoms with van der Waals surface area (Å²) >= 11 is 0. The van der Waals surface area contributed by atoms with Gasteiger partial charge < -0.3 is 10.6 Å². The SMILES string of the molecule is CN=C(NCc1ccccc1S(=O)(=O)N(C)C)NC1CC=CC1. The molecule has 0 aromatic heterocycles. The van der Waals surface area contributed by atoms with E-state index < -0.39 is 10.0 Å². The zero-order valence-corrected chi connectivity index (χ0v) is 14.6. The van der Waals surface area contributed by atoms with Gasteiger partial charge in [-0.05, 0) is 24.5 Å². The molecule has 7 heteroatoms. The Morgan fingerprint density at radius 1 is 1.26 bits per heavy atom. The van der Waals surface area contributed by atoms with Gasteiger partial charge in [-0.25, -0.2) is 12.7 Å². The third-order valence-corrected chi connectivity index (χ3v) is 5.67. The number of aliphatic imine (C=N–C) groups is 1. The van der Waals surface area contributed by atoms with Crippen molar-refractivity contribution in [2.45, 2.75) is 30.3 Å². The van der Waals surface area contributed by atoms with Crippen LogP contribution in [0.4, 0.5) is 0 Å². The first-order chi connectivity index (χ1) is 10.9. The molecule has 0 radical (unpaired) electrons. The number of rotatable bonds is 5. The van der Waals surface area contributed by atoms with E-state index in [0.29, 0.717) is 29.0 Å². The van der Waals surface area contributed by atoms with Crippen LogP contribution in [-0.2, 0) is 16.6 Å². The van der Waals surface area contributed by atoms with Gasteiger partial charge in [-0.2, -0.15) is 0 Å². The molecule has 0 aliphatic heterocycles. The van der Waals surface area contributed by atoms with Crippen molar-refractivity contribution in [3.63, 3.8) is 0 Å². The molecule has 0 saturated heterocycles. The quantitative estimate of drug-likeness (QED) is 0.483. The average Bonchev–Trinajstić information content (AvgIpc) is 3.04. The Kier molecular flexibility index (Phi) is 5.79. The van der Waals surface area contributed by atoms with E-state index in [1.807, 2.05) is 12.1 Å². The van der Waals surface area contributed by atoms with Crippen molar-refractivity contribution in [3.05, 3.63) is 42.0 Å². The van der Waals surface area contributed by atoms with Crippen molar-refractivity contribution in [2.75, 3.05) is 21.1 Å². The standard InChI is InChI=1S/C16H24N4O2S/c1-17-16(19-14-9-5-6-10-14)18-12-13-8-4-7-11-15(13)23(21,22)20(2)3/h4-8,11,14H,9-10,12H2,1-3H3,(H2,17,18,19). The second-order valence-corrected chi connectivity index (χ2v) is 7.73. The second kappa shape index (κ2) is 7.61. The summed E-state index contributed by atoms with van der Waals surface area (Å²) in [6.45, 7) is 0.392. The summed E-state index contributed by atoms with van der Waals surface area (Å²) in [5, 5.41) is 6.53. The van der Waals surface area contributed by atoms with Gasteiger partial charge in [0, 0.05) is 33.7 Å². The summed E-state index contributed by atoms with van der Waals surface area (Å²) in [5.74, 6) is 0.677. The highest BCUT2D eigenvalue weighted by Crippen LogP contribution is 2.18. The first kappa shape index (κ1) is 17.5. The highest BCUT2D eigenvalue weighted by Gasteiger charge is 2.20. The van der Waals surface area contributed by atoms with Crippen LogP contribution in [-0.4, -0.2) is 45.9 Å². The maximum absolute atomic E-state index is 12.4. The molecule has 0 bridgehead atoms. The molecule has 2 rings (SSSR count). The Bertz CT molecular complexity index is 688. The zero-order valence-electron chi connectivity index (χ0n) is 13.8. The molecular formula is C16H24N4O2S. The predicted molar refractivity (Wildman–Crippen MR) is 92.8 cm³/mol. The number of nitrogens with zero attached hydrogens (tertiary/aromatic N) is 2. The van der Waals surface area contributed by atoms with Crippen molar-refractivity contribution in [1.82, 2.24) is 14.9 Å². The van der Waals surface area contributed by atoms with Crippen LogP contribution in [0.25, 0.3) is 0 Å². The molecule has 126 valence electrons. The third kappa shape index (κ3) is 4.33. The van der Waals surface area contributed by atoms with Gasteiger partial charge in [-0.15, -0.1) is 0 Å². The monoisotopic (exact) mass is 336 g/mol. The second-order valence-electron chi connectivity index (χ2n) is 5.60. The minimum Gasteiger partial charge on any atom is -0.353 e. The summed E-state index contributed by atoms with van der Waals surface area (Å²) in [6, 6.07) is 7.36. The summed E-state index contributed by atoms with van der Waals surface area (Å²) in [6.07, 6.45) is 6.24. The fraction of sp³-hybridized carbons (Fsp3) is 0.438. The van der Waals surface area contributed by atoms with Crippen molar-refractivity contribution in [3.8, 4) is 0 Å². The van der Waals surface area contributed by atoms with Gasteiger partial charge in [0.1, 0.15) is 0 Å². The number of benzene rings is 1. The van der Waals surface area contributed by atoms with Crippen molar-refractivity contribution in [1.29, 1.82) is 0 Å². The molecule has 0 atom stereocenters. The van der Waals surface area contributed by atoms with Crippen molar-refractivity contribution < 1.29 is 8.42 Å². The Morgan fingerprint density at radius 2 is 1.91 bits per heavy atom. The van der Waals surface area contributed by atoms with Crippen LogP contribution in [0.2, 0.25) is 0 Å². The number of sulfonamides is 1. The van der Waals surface area contributed by atoms with E-state index in [4.69, 9.17) is 0 Å². The normalized spacial score (nSPS) is 16.1. The molecular weight excluding hydrogens is 312 g/mol. The largest absolute Gasteiger partial charge is 0.353 e. The van der Waals surface area contributed by atoms with Gasteiger partial charge in [0.25, 0.3) is 0 Å². The van der Waals surface area contributed by atoms with E-state index in [0.717, 1.165) is 12.8 Å². The number of guanidine groups is 1. The van der Waals surface area contributed by atoms with Crippen LogP contribution in [0.1, 0.15) is 18.4 Å². The van der Waals surface area contributed by atoms with Crippen LogP contribution in [0, 0.1) is 0 Å². The molecule has 0 heterocycles. The van der Waals surface area contributed by atoms with Gasteiger partial charge in [0.15, 0.2) is 5.96 Å². The molecule has 0 fully saturated rings. The highest BCUT2D eigenvalue weighted by molar-refractivity contribution is 7.89. The number of hydrogen-bond donors (Lipinski definition) is 2. The summed E-state index contributed by atoms with van der Waals surface area (Å²) < 4.78 is 26.0. The fourth-order valence-corrected chi connectivity index (χ4v) is 3.52. The first-order valence-electron chi connectivity index (χ1n) is 7.57. The molecule has 0 unspecified atom stereocenters. The van der Waals surface area contributed by atoms with Gasteiger partial charge in [-0.3, -0.25) is 4.99 Å². The van der Waals surface area contributed by atoms with E-state index in [-0.39, 0.29) is 0 Å². The Labute approximate surface area is 138 Å². The Balaban J connectivity index is 2.08. The summed E-state index contributed by atoms with van der Waals surface area (Å²) in [5.41, 5.74) is 0.716. The molecule has 1 aliphatic carbocycles. The maximum atomic E-state index is 12.4. The lowest BCUT2D eigenvalue weighted by Crippen LogP contribution is -2.42. The molecule has 0 spiro atoms. The minimum atomic E-state index is -3.46. The minimum absolute atomic E-state index is 0.315. The maximum Gasteiger partial charge on any atom is 0.242 e. The van der Waals surface area contributed by atoms with Gasteiger partial charge in [0.05, 0.1) is 4.90 Å². The lowest BCUT2D eigenvalue weighted by Gasteiger charge is -2.19. The molecule has 6 nitrogen and oxygen atoms in total. The van der Waals surface area contributed by atoms with Crippen LogP contribution < -0.4 is 10.6 Å². The van der Waals surface area contributed by atoms with Gasteiger partial charge in [-0.1, -0.05) is 30.4 Å². The summed E-state index contributed by atoms with van der Waals surface area (Å²) in [7, 11) is 1.32. The predicted octanol–water partition coefficient (Wildman–Crippen LogP) is 1.32. The van der Waals surface area contributed by atoms with E-state index in [2.05, 4.69) is 27.8 Å². The van der Waals surface area contributed by atoms with Gasteiger partial charge in [0.2, 0.25) is 10.0 Å². The number of hydrogen-bond acceptors (Lipinski definition) is 3. The topological polar surface area (TPSA) is 73.8 Å². The van der Waals surface area contributed by atoms with Crippen LogP contribution in [0.3, 0.4) is 0 Å². The highest BCUT2D eigenvalue weighted by atomic mass is 32.2. The van der Waals surface area contributed by atoms with E-state index in [1.54, 1.807) is 19.2 Å². The molecule has 2 N–H and O–H groups in total. The Hall–Kier alpha value is -1.86. The van der Waals surface area contributed by atoms with Crippen molar-refractivity contribution >= 4 is 16.0 Å². The molecule has 1 aliphatic rings. The van der Waals surface area contributed by atoms with E-state index in [1.165, 1.54) is 18.4 Å². The lowest BCUT2D eigenvalue weighted by molar-refractivity contribution is 0.519. The van der Waals surface area contributed by atoms with Crippen LogP contribution >= 0.6 is 0 Å². The van der Waals surface area contributed by atoms with Gasteiger partial charge >= 0.3 is 0 Å². The Morgan fingerprint density at radius 3 is 2.52 bits per heavy atom. The molecule has 23 heavy (non-hydrogen) atoms. The van der Waals surface area contributed by atoms with Crippen molar-refractivity contribution in [2.24, 2.45) is 4.99 Å². The number of nitrogens with one attached hydrogen (secondary N) is 2. The fourth-order valence-electron chi connectivity index (χ4n) is 2.40. The molecule has 1 aromatic carbocycles. The molecule has 0 saturated carbocycles. The molecule has 0 amide bonds. The van der Waals surface area contributed by atoms with Crippen LogP contribution in [0.15, 0.2) is 46.3 Å². The average molecular weight is 336 g/mol. The van der Waals surface area contributed by atoms with Crippen LogP contribution in [0.5, 0.6) is 0 Å². The van der Waals surface area contributed by atoms with E-state index in [9.17, 15) is 8.42 Å². The first-order valence-corrected chi connectivity index (χ1v) is 9.01. The zero-order chi connectivity index (χ0) is 16.9. The van der Waals surface area contributed by atoms with E-state index >= 15 is 0 Å². The third-order valence-electron chi connectivity index (χ3n) is 3.75. The lowest BCUT2D eigenvalue weighted by atomic mass is 10.2. The summed E-state index contributed by atoms with van der Waals surface area (Å²) in [4.78, 5) is 4.52.